The third kappa shape index (κ3) is 4.39. The molecule has 1 saturated heterocycles. The summed E-state index contributed by atoms with van der Waals surface area (Å²) in [5.74, 6) is 0.395. The molecular weight excluding hydrogens is 358 g/mol. The second-order valence-corrected chi connectivity index (χ2v) is 8.56. The van der Waals surface area contributed by atoms with Gasteiger partial charge in [0.2, 0.25) is 15.9 Å². The van der Waals surface area contributed by atoms with Crippen LogP contribution in [0.3, 0.4) is 0 Å². The molecule has 1 fully saturated rings. The zero-order valence-corrected chi connectivity index (χ0v) is 15.2. The van der Waals surface area contributed by atoms with E-state index in [0.29, 0.717) is 31.9 Å². The van der Waals surface area contributed by atoms with Crippen molar-refractivity contribution in [2.24, 2.45) is 0 Å². The lowest BCUT2D eigenvalue weighted by Gasteiger charge is -2.33. The zero-order chi connectivity index (χ0) is 17.7. The molecule has 0 aliphatic carbocycles. The van der Waals surface area contributed by atoms with E-state index in [2.05, 4.69) is 4.98 Å². The van der Waals surface area contributed by atoms with Crippen molar-refractivity contribution in [3.63, 3.8) is 0 Å². The SMILES string of the molecule is O=C(CSc1ccccc1)N1CCN(S(=O)(=O)c2cccnc2)CC1. The first kappa shape index (κ1) is 17.9. The standard InChI is InChI=1S/C17H19N3O3S2/c21-17(14-24-15-5-2-1-3-6-15)19-9-11-20(12-10-19)25(22,23)16-7-4-8-18-13-16/h1-8,13H,9-12,14H2. The minimum Gasteiger partial charge on any atom is -0.339 e. The van der Waals surface area contributed by atoms with Crippen LogP contribution in [0.4, 0.5) is 0 Å². The normalized spacial score (nSPS) is 15.9. The predicted molar refractivity (Wildman–Crippen MR) is 96.7 cm³/mol. The summed E-state index contributed by atoms with van der Waals surface area (Å²) >= 11 is 1.49. The van der Waals surface area contributed by atoms with Gasteiger partial charge in [0.15, 0.2) is 0 Å². The van der Waals surface area contributed by atoms with E-state index < -0.39 is 10.0 Å². The van der Waals surface area contributed by atoms with Gasteiger partial charge in [-0.3, -0.25) is 9.78 Å². The Hall–Kier alpha value is -1.90. The van der Waals surface area contributed by atoms with Crippen molar-refractivity contribution in [1.29, 1.82) is 0 Å². The lowest BCUT2D eigenvalue weighted by molar-refractivity contribution is -0.129. The average molecular weight is 377 g/mol. The summed E-state index contributed by atoms with van der Waals surface area (Å²) in [6, 6.07) is 12.9. The van der Waals surface area contributed by atoms with Gasteiger partial charge < -0.3 is 4.90 Å². The maximum Gasteiger partial charge on any atom is 0.244 e. The number of sulfonamides is 1. The van der Waals surface area contributed by atoms with Crippen LogP contribution in [0, 0.1) is 0 Å². The number of hydrogen-bond donors (Lipinski definition) is 0. The van der Waals surface area contributed by atoms with Crippen molar-refractivity contribution in [2.45, 2.75) is 9.79 Å². The molecule has 0 radical (unpaired) electrons. The van der Waals surface area contributed by atoms with Crippen LogP contribution in [0.15, 0.2) is 64.6 Å². The number of aromatic nitrogens is 1. The van der Waals surface area contributed by atoms with E-state index in [9.17, 15) is 13.2 Å². The van der Waals surface area contributed by atoms with Crippen molar-refractivity contribution in [1.82, 2.24) is 14.2 Å². The molecule has 8 heteroatoms. The molecule has 132 valence electrons. The van der Waals surface area contributed by atoms with E-state index in [1.165, 1.54) is 28.3 Å². The fourth-order valence-corrected chi connectivity index (χ4v) is 4.79. The number of rotatable bonds is 5. The lowest BCUT2D eigenvalue weighted by Crippen LogP contribution is -2.50. The van der Waals surface area contributed by atoms with Crippen LogP contribution in [0.25, 0.3) is 0 Å². The highest BCUT2D eigenvalue weighted by molar-refractivity contribution is 8.00. The second-order valence-electron chi connectivity index (χ2n) is 5.58. The number of piperazine rings is 1. The lowest BCUT2D eigenvalue weighted by atomic mass is 10.3. The fraction of sp³-hybridized carbons (Fsp3) is 0.294. The molecule has 6 nitrogen and oxygen atoms in total. The molecule has 1 aromatic carbocycles. The molecular formula is C17H19N3O3S2. The van der Waals surface area contributed by atoms with Crippen LogP contribution in [0.2, 0.25) is 0 Å². The summed E-state index contributed by atoms with van der Waals surface area (Å²) in [4.78, 5) is 19.2. The first-order valence-electron chi connectivity index (χ1n) is 7.93. The van der Waals surface area contributed by atoms with Gasteiger partial charge in [0.1, 0.15) is 4.90 Å². The molecule has 0 spiro atoms. The second kappa shape index (κ2) is 7.99. The third-order valence-electron chi connectivity index (χ3n) is 3.97. The van der Waals surface area contributed by atoms with Gasteiger partial charge in [-0.1, -0.05) is 18.2 Å². The molecule has 1 amide bonds. The number of nitrogens with zero attached hydrogens (tertiary/aromatic N) is 3. The van der Waals surface area contributed by atoms with Crippen molar-refractivity contribution in [3.8, 4) is 0 Å². The van der Waals surface area contributed by atoms with Crippen LogP contribution in [0.5, 0.6) is 0 Å². The number of thioether (sulfide) groups is 1. The topological polar surface area (TPSA) is 70.6 Å². The molecule has 25 heavy (non-hydrogen) atoms. The summed E-state index contributed by atoms with van der Waals surface area (Å²) in [6.45, 7) is 1.43. The number of hydrogen-bond acceptors (Lipinski definition) is 5. The predicted octanol–water partition coefficient (Wildman–Crippen LogP) is 1.71. The Morgan fingerprint density at radius 3 is 2.40 bits per heavy atom. The van der Waals surface area contributed by atoms with Crippen LogP contribution < -0.4 is 0 Å². The molecule has 1 aromatic heterocycles. The maximum absolute atomic E-state index is 12.6. The van der Waals surface area contributed by atoms with E-state index in [-0.39, 0.29) is 10.8 Å². The quantitative estimate of drug-likeness (QED) is 0.742. The van der Waals surface area contributed by atoms with Gasteiger partial charge in [-0.05, 0) is 24.3 Å². The van der Waals surface area contributed by atoms with Crippen molar-refractivity contribution < 1.29 is 13.2 Å². The van der Waals surface area contributed by atoms with Crippen LogP contribution in [-0.4, -0.2) is 60.4 Å². The molecule has 0 N–H and O–H groups in total. The van der Waals surface area contributed by atoms with Crippen LogP contribution in [-0.2, 0) is 14.8 Å². The smallest absolute Gasteiger partial charge is 0.244 e. The molecule has 3 rings (SSSR count). The fourth-order valence-electron chi connectivity index (χ4n) is 2.58. The minimum atomic E-state index is -3.54. The molecule has 1 aliphatic heterocycles. The van der Waals surface area contributed by atoms with E-state index in [1.54, 1.807) is 17.2 Å². The van der Waals surface area contributed by atoms with Gasteiger partial charge in [-0.2, -0.15) is 4.31 Å². The van der Waals surface area contributed by atoms with Crippen molar-refractivity contribution in [3.05, 3.63) is 54.9 Å². The molecule has 0 saturated carbocycles. The highest BCUT2D eigenvalue weighted by Gasteiger charge is 2.30. The monoisotopic (exact) mass is 377 g/mol. The number of pyridine rings is 1. The van der Waals surface area contributed by atoms with Crippen LogP contribution >= 0.6 is 11.8 Å². The largest absolute Gasteiger partial charge is 0.339 e. The van der Waals surface area contributed by atoms with E-state index in [1.807, 2.05) is 30.3 Å². The summed E-state index contributed by atoms with van der Waals surface area (Å²) in [6.07, 6.45) is 2.89. The van der Waals surface area contributed by atoms with Gasteiger partial charge in [0.05, 0.1) is 5.75 Å². The Labute approximate surface area is 151 Å². The summed E-state index contributed by atoms with van der Waals surface area (Å²) in [7, 11) is -3.54. The Morgan fingerprint density at radius 1 is 1.04 bits per heavy atom. The first-order valence-corrected chi connectivity index (χ1v) is 10.4. The molecule has 0 atom stereocenters. The number of benzene rings is 1. The van der Waals surface area contributed by atoms with E-state index in [4.69, 9.17) is 0 Å². The maximum atomic E-state index is 12.6. The Balaban J connectivity index is 1.54. The highest BCUT2D eigenvalue weighted by atomic mass is 32.2. The van der Waals surface area contributed by atoms with E-state index >= 15 is 0 Å². The van der Waals surface area contributed by atoms with Crippen molar-refractivity contribution >= 4 is 27.7 Å². The van der Waals surface area contributed by atoms with Crippen molar-refractivity contribution in [2.75, 3.05) is 31.9 Å². The van der Waals surface area contributed by atoms with E-state index in [0.717, 1.165) is 4.90 Å². The van der Waals surface area contributed by atoms with Gasteiger partial charge in [0, 0.05) is 43.5 Å². The first-order chi connectivity index (χ1) is 12.1. The highest BCUT2D eigenvalue weighted by Crippen LogP contribution is 2.19. The molecule has 0 bridgehead atoms. The Morgan fingerprint density at radius 2 is 1.76 bits per heavy atom. The zero-order valence-electron chi connectivity index (χ0n) is 13.6. The molecule has 2 aromatic rings. The van der Waals surface area contributed by atoms with Crippen LogP contribution in [0.1, 0.15) is 0 Å². The number of carbonyl (C=O) groups is 1. The van der Waals surface area contributed by atoms with Gasteiger partial charge in [-0.25, -0.2) is 8.42 Å². The Bertz CT molecular complexity index is 806. The summed E-state index contributed by atoms with van der Waals surface area (Å²) in [5, 5.41) is 0. The molecule has 0 unspecified atom stereocenters. The average Bonchev–Trinajstić information content (AvgIpc) is 2.68. The number of carbonyl (C=O) groups excluding carboxylic acids is 1. The van der Waals surface area contributed by atoms with Gasteiger partial charge in [0.25, 0.3) is 0 Å². The third-order valence-corrected chi connectivity index (χ3v) is 6.85. The Kier molecular flexibility index (Phi) is 5.72. The summed E-state index contributed by atoms with van der Waals surface area (Å²) in [5.41, 5.74) is 0. The number of amides is 1. The minimum absolute atomic E-state index is 0.0345. The summed E-state index contributed by atoms with van der Waals surface area (Å²) < 4.78 is 26.5. The van der Waals surface area contributed by atoms with Gasteiger partial charge in [-0.15, -0.1) is 11.8 Å². The molecule has 2 heterocycles. The molecule has 1 aliphatic rings. The van der Waals surface area contributed by atoms with Gasteiger partial charge >= 0.3 is 0 Å².